The van der Waals surface area contributed by atoms with E-state index in [1.807, 2.05) is 43.3 Å². The van der Waals surface area contributed by atoms with Crippen LogP contribution in [-0.4, -0.2) is 49.6 Å². The summed E-state index contributed by atoms with van der Waals surface area (Å²) in [5.41, 5.74) is 2.95. The zero-order valence-electron chi connectivity index (χ0n) is 23.7. The molecule has 2 aliphatic heterocycles. The zero-order chi connectivity index (χ0) is 30.3. The first-order chi connectivity index (χ1) is 20.7. The van der Waals surface area contributed by atoms with Crippen molar-refractivity contribution in [2.24, 2.45) is 7.05 Å². The number of aliphatic hydroxyl groups excluding tert-OH is 1. The molecule has 1 saturated heterocycles. The van der Waals surface area contributed by atoms with E-state index in [1.54, 1.807) is 29.9 Å². The Bertz CT molecular complexity index is 1690. The van der Waals surface area contributed by atoms with E-state index in [2.05, 4.69) is 15.2 Å². The van der Waals surface area contributed by atoms with Gasteiger partial charge in [0.1, 0.15) is 29.7 Å². The summed E-state index contributed by atoms with van der Waals surface area (Å²) in [7, 11) is 1.80. The van der Waals surface area contributed by atoms with Gasteiger partial charge in [-0.25, -0.2) is 19.2 Å². The number of urea groups is 1. The summed E-state index contributed by atoms with van der Waals surface area (Å²) in [6.45, 7) is 3.26. The van der Waals surface area contributed by atoms with E-state index in [4.69, 9.17) is 21.3 Å². The first kappa shape index (κ1) is 28.8. The predicted octanol–water partition coefficient (Wildman–Crippen LogP) is 4.52. The van der Waals surface area contributed by atoms with Crippen LogP contribution >= 0.6 is 11.6 Å². The number of imidazole rings is 1. The van der Waals surface area contributed by atoms with Crippen molar-refractivity contribution >= 4 is 29.4 Å². The lowest BCUT2D eigenvalue weighted by molar-refractivity contribution is -0.120. The number of imide groups is 1. The molecule has 4 heterocycles. The van der Waals surface area contributed by atoms with E-state index < -0.39 is 17.4 Å². The average Bonchev–Trinajstić information content (AvgIpc) is 3.50. The molecular weight excluding hydrogens is 575 g/mol. The molecular formula is C31H30ClFN6O4. The number of amides is 3. The van der Waals surface area contributed by atoms with Crippen LogP contribution < -0.4 is 15.0 Å². The predicted molar refractivity (Wildman–Crippen MR) is 158 cm³/mol. The van der Waals surface area contributed by atoms with Gasteiger partial charge in [0, 0.05) is 38.7 Å². The van der Waals surface area contributed by atoms with Gasteiger partial charge in [-0.15, -0.1) is 0 Å². The summed E-state index contributed by atoms with van der Waals surface area (Å²) in [6, 6.07) is 15.5. The third kappa shape index (κ3) is 5.35. The number of aliphatic hydroxyl groups is 1. The highest BCUT2D eigenvalue weighted by atomic mass is 35.5. The number of hydrogen-bond donors (Lipinski definition) is 2. The van der Waals surface area contributed by atoms with Crippen molar-refractivity contribution in [2.45, 2.75) is 38.6 Å². The van der Waals surface area contributed by atoms with Gasteiger partial charge in [0.25, 0.3) is 0 Å². The van der Waals surface area contributed by atoms with Gasteiger partial charge in [-0.05, 0) is 48.4 Å². The van der Waals surface area contributed by atoms with Gasteiger partial charge in [-0.1, -0.05) is 35.9 Å². The summed E-state index contributed by atoms with van der Waals surface area (Å²) >= 11 is 6.11. The normalized spacial score (nSPS) is 18.6. The van der Waals surface area contributed by atoms with Crippen LogP contribution in [0.25, 0.3) is 11.5 Å². The number of ether oxygens (including phenoxy) is 1. The maximum atomic E-state index is 14.1. The number of hydrogen-bond acceptors (Lipinski definition) is 7. The fraction of sp³-hybridized carbons (Fsp3) is 0.290. The zero-order valence-corrected chi connectivity index (χ0v) is 24.4. The number of nitrogens with one attached hydrogen (secondary N) is 1. The van der Waals surface area contributed by atoms with Crippen molar-refractivity contribution < 1.29 is 23.8 Å². The molecule has 0 radical (unpaired) electrons. The maximum Gasteiger partial charge on any atom is 0.329 e. The topological polar surface area (TPSA) is 113 Å². The number of carbonyl (C=O) groups excluding carboxylic acids is 2. The Kier molecular flexibility index (Phi) is 7.63. The lowest BCUT2D eigenvalue weighted by Crippen LogP contribution is -2.50. The molecule has 6 rings (SSSR count). The molecule has 1 atom stereocenters. The Balaban J connectivity index is 1.18. The van der Waals surface area contributed by atoms with Crippen molar-refractivity contribution in [3.8, 4) is 17.3 Å². The molecule has 0 saturated carbocycles. The highest BCUT2D eigenvalue weighted by Crippen LogP contribution is 2.40. The molecule has 3 amide bonds. The van der Waals surface area contributed by atoms with Gasteiger partial charge < -0.3 is 14.4 Å². The molecule has 1 unspecified atom stereocenters. The highest BCUT2D eigenvalue weighted by Gasteiger charge is 2.42. The van der Waals surface area contributed by atoms with Gasteiger partial charge in [-0.3, -0.25) is 19.9 Å². The highest BCUT2D eigenvalue weighted by molar-refractivity contribution is 6.31. The molecule has 222 valence electrons. The van der Waals surface area contributed by atoms with Crippen LogP contribution in [0.3, 0.4) is 0 Å². The minimum Gasteiger partial charge on any atom is -0.489 e. The minimum absolute atomic E-state index is 0.0191. The summed E-state index contributed by atoms with van der Waals surface area (Å²) < 4.78 is 21.6. The van der Waals surface area contributed by atoms with E-state index in [0.29, 0.717) is 46.8 Å². The molecule has 10 nitrogen and oxygen atoms in total. The smallest absolute Gasteiger partial charge is 0.329 e. The molecule has 2 N–H and O–H groups in total. The minimum atomic E-state index is -0.747. The quantitative estimate of drug-likeness (QED) is 0.304. The fourth-order valence-electron chi connectivity index (χ4n) is 5.55. The Morgan fingerprint density at radius 3 is 2.65 bits per heavy atom. The Morgan fingerprint density at radius 1 is 1.14 bits per heavy atom. The monoisotopic (exact) mass is 604 g/mol. The third-order valence-electron chi connectivity index (χ3n) is 8.12. The van der Waals surface area contributed by atoms with Crippen LogP contribution in [0.5, 0.6) is 5.75 Å². The number of halogens is 2. The van der Waals surface area contributed by atoms with Crippen LogP contribution in [-0.2, 0) is 37.1 Å². The first-order valence-electron chi connectivity index (χ1n) is 13.8. The number of benzene rings is 2. The van der Waals surface area contributed by atoms with Crippen molar-refractivity contribution in [1.82, 2.24) is 24.8 Å². The van der Waals surface area contributed by atoms with Crippen LogP contribution in [0.4, 0.5) is 15.0 Å². The number of carbonyl (C=O) groups is 2. The van der Waals surface area contributed by atoms with Crippen LogP contribution in [0.1, 0.15) is 35.7 Å². The van der Waals surface area contributed by atoms with Crippen molar-refractivity contribution in [2.75, 3.05) is 18.1 Å². The summed E-state index contributed by atoms with van der Waals surface area (Å²) in [5.74, 6) is 0.998. The van der Waals surface area contributed by atoms with Gasteiger partial charge in [-0.2, -0.15) is 0 Å². The number of pyridine rings is 1. The number of rotatable bonds is 8. The SMILES string of the molecule is Cn1c(N2CCC(=O)NC2=O)cnc1-c1ccc2c(n1)C(C)(CO)N(Cc1ccc(OCc3c(F)cccc3Cl)cc1)C2. The van der Waals surface area contributed by atoms with E-state index in [9.17, 15) is 19.1 Å². The van der Waals surface area contributed by atoms with Crippen LogP contribution in [0.15, 0.2) is 60.8 Å². The molecule has 0 spiro atoms. The van der Waals surface area contributed by atoms with Crippen molar-refractivity contribution in [1.29, 1.82) is 0 Å². The standard InChI is InChI=1S/C31H30ClFN6O4/c1-31(18-40)28-20(8-11-25(35-28)29-34-14-27(37(29)2)39-13-12-26(41)36-30(39)42)16-38(31)15-19-6-9-21(10-7-19)43-17-22-23(32)4-3-5-24(22)33/h3-11,14,40H,12-13,15-18H2,1-2H3,(H,36,41,42). The van der Waals surface area contributed by atoms with Crippen LogP contribution in [0, 0.1) is 5.82 Å². The van der Waals surface area contributed by atoms with E-state index in [1.165, 1.54) is 11.0 Å². The summed E-state index contributed by atoms with van der Waals surface area (Å²) in [5, 5.41) is 13.2. The second kappa shape index (κ2) is 11.4. The maximum absolute atomic E-state index is 14.1. The molecule has 12 heteroatoms. The second-order valence-corrected chi connectivity index (χ2v) is 11.3. The van der Waals surface area contributed by atoms with E-state index >= 15 is 0 Å². The molecule has 43 heavy (non-hydrogen) atoms. The lowest BCUT2D eigenvalue weighted by atomic mass is 9.97. The number of aromatic nitrogens is 3. The largest absolute Gasteiger partial charge is 0.489 e. The number of nitrogens with zero attached hydrogens (tertiary/aromatic N) is 5. The molecule has 0 aliphatic carbocycles. The molecule has 2 aromatic carbocycles. The molecule has 4 aromatic rings. The van der Waals surface area contributed by atoms with Crippen LogP contribution in [0.2, 0.25) is 5.02 Å². The Labute approximate surface area is 252 Å². The third-order valence-corrected chi connectivity index (χ3v) is 8.48. The first-order valence-corrected chi connectivity index (χ1v) is 14.2. The van der Waals surface area contributed by atoms with E-state index in [-0.39, 0.29) is 32.1 Å². The molecule has 2 aromatic heterocycles. The van der Waals surface area contributed by atoms with Gasteiger partial charge in [0.15, 0.2) is 5.82 Å². The molecule has 0 bridgehead atoms. The van der Waals surface area contributed by atoms with Gasteiger partial charge in [0.2, 0.25) is 5.91 Å². The van der Waals surface area contributed by atoms with Crippen molar-refractivity contribution in [3.63, 3.8) is 0 Å². The summed E-state index contributed by atoms with van der Waals surface area (Å²) in [6.07, 6.45) is 1.81. The average molecular weight is 605 g/mol. The molecule has 2 aliphatic rings. The Morgan fingerprint density at radius 2 is 1.93 bits per heavy atom. The van der Waals surface area contributed by atoms with Gasteiger partial charge >= 0.3 is 6.03 Å². The fourth-order valence-corrected chi connectivity index (χ4v) is 5.77. The number of anilines is 1. The lowest BCUT2D eigenvalue weighted by Gasteiger charge is -2.33. The van der Waals surface area contributed by atoms with E-state index in [0.717, 1.165) is 16.8 Å². The second-order valence-electron chi connectivity index (χ2n) is 10.9. The number of fused-ring (bicyclic) bond motifs is 1. The van der Waals surface area contributed by atoms with Gasteiger partial charge in [0.05, 0.1) is 29.1 Å². The summed E-state index contributed by atoms with van der Waals surface area (Å²) in [4.78, 5) is 37.1. The molecule has 1 fully saturated rings. The van der Waals surface area contributed by atoms with Crippen molar-refractivity contribution in [3.05, 3.63) is 94.0 Å². The Hall–Kier alpha value is -4.32.